The smallest absolute Gasteiger partial charge is 0.107 e. The van der Waals surface area contributed by atoms with Gasteiger partial charge in [-0.15, -0.1) is 0 Å². The summed E-state index contributed by atoms with van der Waals surface area (Å²) in [6.45, 7) is 1.95. The molecule has 1 rings (SSSR count). The summed E-state index contributed by atoms with van der Waals surface area (Å²) in [5.74, 6) is 0.830. The van der Waals surface area contributed by atoms with Gasteiger partial charge in [-0.05, 0) is 7.05 Å². The lowest BCUT2D eigenvalue weighted by molar-refractivity contribution is 0.155. The van der Waals surface area contributed by atoms with E-state index >= 15 is 0 Å². The zero-order valence-corrected chi connectivity index (χ0v) is 5.20. The molecule has 0 saturated carbocycles. The molecule has 1 aliphatic heterocycles. The van der Waals surface area contributed by atoms with Crippen molar-refractivity contribution in [2.75, 3.05) is 26.1 Å². The fourth-order valence-electron chi connectivity index (χ4n) is 0.444. The Labute approximate surface area is 48.0 Å². The number of likely N-dealkylation sites (N-methyl/N-ethyl adjacent to an activating group) is 1. The lowest BCUT2D eigenvalue weighted by Gasteiger charge is -2.19. The minimum absolute atomic E-state index is 0.830. The first-order chi connectivity index (χ1) is 3.39. The van der Waals surface area contributed by atoms with E-state index in [9.17, 15) is 0 Å². The van der Waals surface area contributed by atoms with Crippen molar-refractivity contribution in [1.29, 1.82) is 0 Å². The van der Waals surface area contributed by atoms with Gasteiger partial charge in [0.1, 0.15) is 5.94 Å². The molecule has 0 aromatic rings. The summed E-state index contributed by atoms with van der Waals surface area (Å²) >= 11 is 1.73. The van der Waals surface area contributed by atoms with Crippen LogP contribution in [-0.4, -0.2) is 30.4 Å². The Bertz CT molecular complexity index is 53.7. The van der Waals surface area contributed by atoms with Crippen LogP contribution >= 0.6 is 11.9 Å². The fourth-order valence-corrected chi connectivity index (χ4v) is 1.02. The van der Waals surface area contributed by atoms with Crippen molar-refractivity contribution in [3.63, 3.8) is 0 Å². The van der Waals surface area contributed by atoms with E-state index < -0.39 is 0 Å². The quantitative estimate of drug-likeness (QED) is 0.432. The third kappa shape index (κ3) is 1.67. The highest BCUT2D eigenvalue weighted by atomic mass is 32.2. The van der Waals surface area contributed by atoms with Crippen LogP contribution < -0.4 is 0 Å². The molecule has 0 spiro atoms. The van der Waals surface area contributed by atoms with Crippen LogP contribution in [0.25, 0.3) is 0 Å². The molecule has 1 aliphatic rings. The van der Waals surface area contributed by atoms with E-state index in [4.69, 9.17) is 4.74 Å². The van der Waals surface area contributed by atoms with Gasteiger partial charge in [-0.2, -0.15) is 0 Å². The summed E-state index contributed by atoms with van der Waals surface area (Å²) in [4.78, 5) is 0. The van der Waals surface area contributed by atoms with Gasteiger partial charge in [-0.1, -0.05) is 11.9 Å². The minimum atomic E-state index is 0.830. The summed E-state index contributed by atoms with van der Waals surface area (Å²) in [5, 5.41) is 0. The lowest BCUT2D eigenvalue weighted by Crippen LogP contribution is -2.22. The number of hydrogen-bond acceptors (Lipinski definition) is 3. The van der Waals surface area contributed by atoms with Gasteiger partial charge in [-0.3, -0.25) is 0 Å². The monoisotopic (exact) mass is 119 g/mol. The standard InChI is InChI=1S/C4H9NOS/c1-5-2-3-6-4-7-5/h2-4H2,1H3. The third-order valence-electron chi connectivity index (χ3n) is 0.907. The predicted molar refractivity (Wildman–Crippen MR) is 31.0 cm³/mol. The van der Waals surface area contributed by atoms with Crippen molar-refractivity contribution in [1.82, 2.24) is 4.31 Å². The van der Waals surface area contributed by atoms with Crippen LogP contribution in [-0.2, 0) is 4.74 Å². The average Bonchev–Trinajstić information content (AvgIpc) is 1.69. The molecule has 0 unspecified atom stereocenters. The minimum Gasteiger partial charge on any atom is -0.368 e. The fraction of sp³-hybridized carbons (Fsp3) is 1.00. The van der Waals surface area contributed by atoms with Crippen LogP contribution in [0.15, 0.2) is 0 Å². The number of rotatable bonds is 0. The number of nitrogens with zero attached hydrogens (tertiary/aromatic N) is 1. The molecule has 0 amide bonds. The number of ether oxygens (including phenoxy) is 1. The second-order valence-corrected chi connectivity index (χ2v) is 2.62. The first-order valence-electron chi connectivity index (χ1n) is 2.31. The van der Waals surface area contributed by atoms with Gasteiger partial charge >= 0.3 is 0 Å². The zero-order chi connectivity index (χ0) is 5.11. The molecule has 3 heteroatoms. The molecular weight excluding hydrogens is 110 g/mol. The van der Waals surface area contributed by atoms with E-state index in [1.54, 1.807) is 11.9 Å². The Morgan fingerprint density at radius 2 is 2.57 bits per heavy atom. The van der Waals surface area contributed by atoms with Crippen LogP contribution in [0.2, 0.25) is 0 Å². The molecule has 0 radical (unpaired) electrons. The van der Waals surface area contributed by atoms with Crippen molar-refractivity contribution >= 4 is 11.9 Å². The summed E-state index contributed by atoms with van der Waals surface area (Å²) in [5.41, 5.74) is 0. The Balaban J connectivity index is 2.12. The largest absolute Gasteiger partial charge is 0.368 e. The second kappa shape index (κ2) is 2.55. The van der Waals surface area contributed by atoms with E-state index in [1.165, 1.54) is 0 Å². The maximum Gasteiger partial charge on any atom is 0.107 e. The van der Waals surface area contributed by atoms with E-state index in [-0.39, 0.29) is 0 Å². The van der Waals surface area contributed by atoms with E-state index in [0.717, 1.165) is 19.1 Å². The van der Waals surface area contributed by atoms with Crippen molar-refractivity contribution in [3.8, 4) is 0 Å². The molecule has 1 heterocycles. The molecule has 2 nitrogen and oxygen atoms in total. The van der Waals surface area contributed by atoms with Crippen LogP contribution in [0.4, 0.5) is 0 Å². The molecule has 0 bridgehead atoms. The van der Waals surface area contributed by atoms with Crippen molar-refractivity contribution < 1.29 is 4.74 Å². The van der Waals surface area contributed by atoms with E-state index in [1.807, 2.05) is 0 Å². The number of hydrogen-bond donors (Lipinski definition) is 0. The van der Waals surface area contributed by atoms with Gasteiger partial charge in [0.05, 0.1) is 6.61 Å². The molecular formula is C4H9NOS. The van der Waals surface area contributed by atoms with Gasteiger partial charge in [-0.25, -0.2) is 4.31 Å². The molecule has 0 aliphatic carbocycles. The molecule has 0 N–H and O–H groups in total. The molecule has 0 atom stereocenters. The Hall–Kier alpha value is 0.270. The maximum atomic E-state index is 5.06. The summed E-state index contributed by atoms with van der Waals surface area (Å²) < 4.78 is 7.25. The molecule has 1 fully saturated rings. The predicted octanol–water partition coefficient (Wildman–Crippen LogP) is 0.554. The van der Waals surface area contributed by atoms with Gasteiger partial charge < -0.3 is 4.74 Å². The lowest BCUT2D eigenvalue weighted by atomic mass is 10.7. The van der Waals surface area contributed by atoms with Crippen molar-refractivity contribution in [2.24, 2.45) is 0 Å². The first kappa shape index (κ1) is 5.41. The highest BCUT2D eigenvalue weighted by Gasteiger charge is 2.03. The topological polar surface area (TPSA) is 12.5 Å². The average molecular weight is 119 g/mol. The highest BCUT2D eigenvalue weighted by Crippen LogP contribution is 2.10. The van der Waals surface area contributed by atoms with Gasteiger partial charge in [0.15, 0.2) is 0 Å². The van der Waals surface area contributed by atoms with Crippen LogP contribution in [0.1, 0.15) is 0 Å². The van der Waals surface area contributed by atoms with Crippen LogP contribution in [0.3, 0.4) is 0 Å². The second-order valence-electron chi connectivity index (χ2n) is 1.51. The Morgan fingerprint density at radius 1 is 1.71 bits per heavy atom. The summed E-state index contributed by atoms with van der Waals surface area (Å²) in [6.07, 6.45) is 0. The first-order valence-corrected chi connectivity index (χ1v) is 3.25. The summed E-state index contributed by atoms with van der Waals surface area (Å²) in [6, 6.07) is 0. The molecule has 1 saturated heterocycles. The molecule has 7 heavy (non-hydrogen) atoms. The normalized spacial score (nSPS) is 25.3. The summed E-state index contributed by atoms with van der Waals surface area (Å²) in [7, 11) is 2.08. The molecule has 0 aromatic heterocycles. The van der Waals surface area contributed by atoms with Gasteiger partial charge in [0, 0.05) is 6.54 Å². The Morgan fingerprint density at radius 3 is 2.86 bits per heavy atom. The van der Waals surface area contributed by atoms with E-state index in [0.29, 0.717) is 0 Å². The SMILES string of the molecule is CN1CCOCS1. The van der Waals surface area contributed by atoms with Gasteiger partial charge in [0.25, 0.3) is 0 Å². The zero-order valence-electron chi connectivity index (χ0n) is 4.39. The highest BCUT2D eigenvalue weighted by molar-refractivity contribution is 7.96. The van der Waals surface area contributed by atoms with Crippen LogP contribution in [0, 0.1) is 0 Å². The van der Waals surface area contributed by atoms with Crippen molar-refractivity contribution in [3.05, 3.63) is 0 Å². The molecule has 42 valence electrons. The van der Waals surface area contributed by atoms with E-state index in [2.05, 4.69) is 11.4 Å². The maximum absolute atomic E-state index is 5.06. The van der Waals surface area contributed by atoms with Crippen molar-refractivity contribution in [2.45, 2.75) is 0 Å². The molecule has 0 aromatic carbocycles. The van der Waals surface area contributed by atoms with Gasteiger partial charge in [0.2, 0.25) is 0 Å². The Kier molecular flexibility index (Phi) is 1.97. The van der Waals surface area contributed by atoms with Crippen LogP contribution in [0.5, 0.6) is 0 Å². The third-order valence-corrected chi connectivity index (χ3v) is 1.80.